The maximum absolute atomic E-state index is 13.9. The maximum Gasteiger partial charge on any atom is 0.182 e. The Bertz CT molecular complexity index is 799. The Hall–Kier alpha value is -1.92. The van der Waals surface area contributed by atoms with Crippen molar-refractivity contribution in [3.05, 3.63) is 47.8 Å². The molecule has 0 bridgehead atoms. The summed E-state index contributed by atoms with van der Waals surface area (Å²) in [5.41, 5.74) is 1.03. The molecule has 2 heterocycles. The van der Waals surface area contributed by atoms with Gasteiger partial charge in [-0.1, -0.05) is 19.1 Å². The van der Waals surface area contributed by atoms with Crippen LogP contribution in [0.4, 0.5) is 4.39 Å². The summed E-state index contributed by atoms with van der Waals surface area (Å²) in [6.45, 7) is 6.28. The van der Waals surface area contributed by atoms with Crippen LogP contribution in [0.2, 0.25) is 0 Å². The summed E-state index contributed by atoms with van der Waals surface area (Å²) in [5, 5.41) is 9.48. The fourth-order valence-corrected chi connectivity index (χ4v) is 4.63. The van der Waals surface area contributed by atoms with Gasteiger partial charge in [-0.3, -0.25) is 4.90 Å². The van der Waals surface area contributed by atoms with Gasteiger partial charge in [-0.2, -0.15) is 0 Å². The maximum atomic E-state index is 13.9. The molecule has 4 nitrogen and oxygen atoms in total. The van der Waals surface area contributed by atoms with Crippen molar-refractivity contribution in [2.75, 3.05) is 32.0 Å². The molecule has 0 radical (unpaired) electrons. The molecule has 1 N–H and O–H groups in total. The number of thioether (sulfide) groups is 1. The lowest BCUT2D eigenvalue weighted by Crippen LogP contribution is -2.25. The predicted molar refractivity (Wildman–Crippen MR) is 104 cm³/mol. The smallest absolute Gasteiger partial charge is 0.182 e. The molecule has 0 aliphatic carbocycles. The lowest BCUT2D eigenvalue weighted by atomic mass is 10.1. The van der Waals surface area contributed by atoms with Crippen molar-refractivity contribution in [3.8, 4) is 17.2 Å². The second-order valence-corrected chi connectivity index (χ2v) is 8.29. The Balaban J connectivity index is 1.33. The van der Waals surface area contributed by atoms with E-state index >= 15 is 0 Å². The first kappa shape index (κ1) is 18.4. The standard InChI is InChI=1S/C21H24FNO3S/c1-14-8-9-23(12-14)10-11-25-16-4-2-15(3-5-16)19-13-27-21-18(26-19)7-6-17(24)20(21)22/h2-7,14,19,24H,8-13H2,1H3/t14-,19+/m0/s1. The van der Waals surface area contributed by atoms with E-state index in [-0.39, 0.29) is 11.9 Å². The van der Waals surface area contributed by atoms with Crippen LogP contribution in [-0.4, -0.2) is 42.0 Å². The van der Waals surface area contributed by atoms with Gasteiger partial charge in [-0.15, -0.1) is 11.8 Å². The Labute approximate surface area is 163 Å². The molecule has 0 spiro atoms. The van der Waals surface area contributed by atoms with E-state index < -0.39 is 5.82 Å². The quantitative estimate of drug-likeness (QED) is 0.817. The number of hydrogen-bond acceptors (Lipinski definition) is 5. The van der Waals surface area contributed by atoms with Crippen LogP contribution in [0, 0.1) is 11.7 Å². The van der Waals surface area contributed by atoms with Crippen LogP contribution >= 0.6 is 11.8 Å². The van der Waals surface area contributed by atoms with Gasteiger partial charge in [0, 0.05) is 18.8 Å². The third kappa shape index (κ3) is 4.17. The van der Waals surface area contributed by atoms with Crippen LogP contribution in [0.3, 0.4) is 0 Å². The SMILES string of the molecule is C[C@H]1CCN(CCOc2ccc([C@H]3CSc4c(ccc(O)c4F)O3)cc2)C1. The van der Waals surface area contributed by atoms with Crippen LogP contribution in [-0.2, 0) is 0 Å². The zero-order valence-electron chi connectivity index (χ0n) is 15.4. The van der Waals surface area contributed by atoms with Crippen molar-refractivity contribution in [2.45, 2.75) is 24.3 Å². The molecule has 2 aromatic rings. The van der Waals surface area contributed by atoms with Crippen molar-refractivity contribution in [3.63, 3.8) is 0 Å². The molecule has 1 fully saturated rings. The van der Waals surface area contributed by atoms with E-state index in [1.807, 2.05) is 24.3 Å². The number of benzene rings is 2. The van der Waals surface area contributed by atoms with E-state index in [4.69, 9.17) is 9.47 Å². The molecule has 4 rings (SSSR count). The van der Waals surface area contributed by atoms with Crippen molar-refractivity contribution in [1.29, 1.82) is 0 Å². The van der Waals surface area contributed by atoms with Crippen LogP contribution in [0.5, 0.6) is 17.2 Å². The third-order valence-corrected chi connectivity index (χ3v) is 6.26. The number of likely N-dealkylation sites (tertiary alicyclic amines) is 1. The normalized spacial score (nSPS) is 22.3. The zero-order chi connectivity index (χ0) is 18.8. The monoisotopic (exact) mass is 389 g/mol. The molecule has 0 aromatic heterocycles. The van der Waals surface area contributed by atoms with Crippen molar-refractivity contribution in [1.82, 2.24) is 4.90 Å². The van der Waals surface area contributed by atoms with Gasteiger partial charge in [0.25, 0.3) is 0 Å². The van der Waals surface area contributed by atoms with Crippen molar-refractivity contribution < 1.29 is 19.0 Å². The summed E-state index contributed by atoms with van der Waals surface area (Å²) in [4.78, 5) is 2.82. The number of phenolic OH excluding ortho intramolecular Hbond substituents is 1. The highest BCUT2D eigenvalue weighted by Crippen LogP contribution is 2.44. The number of rotatable bonds is 5. The third-order valence-electron chi connectivity index (χ3n) is 5.13. The number of aromatic hydroxyl groups is 1. The fourth-order valence-electron chi connectivity index (χ4n) is 3.57. The minimum Gasteiger partial charge on any atom is -0.505 e. The van der Waals surface area contributed by atoms with E-state index in [0.29, 0.717) is 23.0 Å². The first-order valence-corrected chi connectivity index (χ1v) is 10.3. The first-order chi connectivity index (χ1) is 13.1. The Morgan fingerprint density at radius 1 is 1.26 bits per heavy atom. The van der Waals surface area contributed by atoms with Gasteiger partial charge in [-0.05, 0) is 48.7 Å². The molecule has 6 heteroatoms. The van der Waals surface area contributed by atoms with Gasteiger partial charge in [0.15, 0.2) is 11.6 Å². The molecule has 0 saturated carbocycles. The summed E-state index contributed by atoms with van der Waals surface area (Å²) in [6.07, 6.45) is 1.13. The number of halogens is 1. The number of hydrogen-bond donors (Lipinski definition) is 1. The van der Waals surface area contributed by atoms with E-state index in [1.165, 1.54) is 37.3 Å². The van der Waals surface area contributed by atoms with Crippen LogP contribution in [0.1, 0.15) is 25.0 Å². The van der Waals surface area contributed by atoms with Crippen LogP contribution in [0.25, 0.3) is 0 Å². The summed E-state index contributed by atoms with van der Waals surface area (Å²) in [6, 6.07) is 10.9. The van der Waals surface area contributed by atoms with Crippen LogP contribution in [0.15, 0.2) is 41.3 Å². The van der Waals surface area contributed by atoms with E-state index in [2.05, 4.69) is 11.8 Å². The highest BCUT2D eigenvalue weighted by molar-refractivity contribution is 7.99. The van der Waals surface area contributed by atoms with Gasteiger partial charge >= 0.3 is 0 Å². The molecule has 0 amide bonds. The first-order valence-electron chi connectivity index (χ1n) is 9.36. The average molecular weight is 389 g/mol. The number of phenols is 1. The highest BCUT2D eigenvalue weighted by atomic mass is 32.2. The zero-order valence-corrected chi connectivity index (χ0v) is 16.2. The molecule has 1 saturated heterocycles. The molecular weight excluding hydrogens is 365 g/mol. The summed E-state index contributed by atoms with van der Waals surface area (Å²) < 4.78 is 25.7. The van der Waals surface area contributed by atoms with Crippen molar-refractivity contribution in [2.24, 2.45) is 5.92 Å². The van der Waals surface area contributed by atoms with Crippen molar-refractivity contribution >= 4 is 11.8 Å². The number of nitrogens with zero attached hydrogens (tertiary/aromatic N) is 1. The van der Waals surface area contributed by atoms with Gasteiger partial charge in [0.2, 0.25) is 0 Å². The fraction of sp³-hybridized carbons (Fsp3) is 0.429. The topological polar surface area (TPSA) is 41.9 Å². The molecular formula is C21H24FNO3S. The van der Waals surface area contributed by atoms with Crippen LogP contribution < -0.4 is 9.47 Å². The molecule has 2 aliphatic heterocycles. The molecule has 144 valence electrons. The lowest BCUT2D eigenvalue weighted by Gasteiger charge is -2.26. The molecule has 0 unspecified atom stereocenters. The predicted octanol–water partition coefficient (Wildman–Crippen LogP) is 4.48. The summed E-state index contributed by atoms with van der Waals surface area (Å²) in [5.74, 6) is 1.78. The molecule has 27 heavy (non-hydrogen) atoms. The summed E-state index contributed by atoms with van der Waals surface area (Å²) in [7, 11) is 0. The Morgan fingerprint density at radius 3 is 2.81 bits per heavy atom. The Morgan fingerprint density at radius 2 is 2.07 bits per heavy atom. The molecule has 2 atom stereocenters. The molecule has 2 aromatic carbocycles. The van der Waals surface area contributed by atoms with E-state index in [0.717, 1.165) is 23.8 Å². The molecule has 2 aliphatic rings. The number of fused-ring (bicyclic) bond motifs is 1. The minimum atomic E-state index is -0.605. The number of ether oxygens (including phenoxy) is 2. The van der Waals surface area contributed by atoms with Gasteiger partial charge < -0.3 is 14.6 Å². The summed E-state index contributed by atoms with van der Waals surface area (Å²) >= 11 is 1.37. The second kappa shape index (κ2) is 7.98. The average Bonchev–Trinajstić information content (AvgIpc) is 3.10. The van der Waals surface area contributed by atoms with E-state index in [9.17, 15) is 9.50 Å². The second-order valence-electron chi connectivity index (χ2n) is 7.26. The minimum absolute atomic E-state index is 0.147. The van der Waals surface area contributed by atoms with Gasteiger partial charge in [0.1, 0.15) is 24.2 Å². The van der Waals surface area contributed by atoms with Gasteiger partial charge in [0.05, 0.1) is 4.90 Å². The highest BCUT2D eigenvalue weighted by Gasteiger charge is 2.26. The Kier molecular flexibility index (Phi) is 5.45. The van der Waals surface area contributed by atoms with E-state index in [1.54, 1.807) is 6.07 Å². The lowest BCUT2D eigenvalue weighted by molar-refractivity contribution is 0.216. The van der Waals surface area contributed by atoms with Gasteiger partial charge in [-0.25, -0.2) is 4.39 Å². The largest absolute Gasteiger partial charge is 0.505 e.